The zero-order valence-corrected chi connectivity index (χ0v) is 20.4. The molecular weight excluding hydrogens is 354 g/mol. The fraction of sp³-hybridized carbons (Fsp3) is 1.00. The van der Waals surface area contributed by atoms with E-state index in [1.807, 2.05) is 13.1 Å². The quantitative estimate of drug-likeness (QED) is 0.540. The van der Waals surface area contributed by atoms with E-state index in [0.29, 0.717) is 0 Å². The van der Waals surface area contributed by atoms with Crippen LogP contribution in [-0.4, -0.2) is 69.7 Å². The van der Waals surface area contributed by atoms with Gasteiger partial charge in [0.25, 0.3) is 8.56 Å². The number of hydrogen-bond acceptors (Lipinski definition) is 6. The Morgan fingerprint density at radius 1 is 0.524 bits per heavy atom. The van der Waals surface area contributed by atoms with Crippen LogP contribution in [-0.2, 0) is 21.5 Å². The minimum Gasteiger partial charge on any atom is -0.499 e. The van der Waals surface area contributed by atoms with Crippen LogP contribution in [0.2, 0.25) is 52.4 Å². The summed E-state index contributed by atoms with van der Waals surface area (Å²) in [6.45, 7) is 16.7. The van der Waals surface area contributed by atoms with Crippen LogP contribution in [0.15, 0.2) is 0 Å². The summed E-state index contributed by atoms with van der Waals surface area (Å²) in [5.41, 5.74) is 0. The molecule has 11 heteroatoms. The lowest BCUT2D eigenvalue weighted by Crippen LogP contribution is -2.52. The van der Waals surface area contributed by atoms with Gasteiger partial charge in [-0.2, -0.15) is 0 Å². The molecule has 0 N–H and O–H groups in total. The van der Waals surface area contributed by atoms with Gasteiger partial charge in [-0.15, -0.1) is 0 Å². The Labute approximate surface area is 143 Å². The van der Waals surface area contributed by atoms with Crippen molar-refractivity contribution in [2.45, 2.75) is 52.4 Å². The van der Waals surface area contributed by atoms with Gasteiger partial charge in [-0.05, 0) is 52.4 Å². The molecule has 6 nitrogen and oxygen atoms in total. The van der Waals surface area contributed by atoms with E-state index < -0.39 is 55.5 Å². The molecule has 0 aromatic carbocycles. The first-order valence-corrected chi connectivity index (χ1v) is 19.5. The van der Waals surface area contributed by atoms with Gasteiger partial charge in [0, 0.05) is 14.2 Å². The average Bonchev–Trinajstić information content (AvgIpc) is 2.22. The summed E-state index contributed by atoms with van der Waals surface area (Å²) in [7, 11) is -2.53. The molecule has 0 spiro atoms. The topological polar surface area (TPSA) is 55.4 Å². The van der Waals surface area contributed by atoms with E-state index in [1.165, 1.54) is 0 Å². The molecule has 0 saturated heterocycles. The molecule has 0 aliphatic heterocycles. The maximum atomic E-state index is 6.05. The lowest BCUT2D eigenvalue weighted by molar-refractivity contribution is 0.191. The Balaban J connectivity index is 4.64. The number of rotatable bonds is 10. The second-order valence-corrected chi connectivity index (χ2v) is 24.3. The summed E-state index contributed by atoms with van der Waals surface area (Å²) in [4.78, 5) is 0. The van der Waals surface area contributed by atoms with Crippen molar-refractivity contribution in [1.29, 1.82) is 0 Å². The fourth-order valence-electron chi connectivity index (χ4n) is 1.31. The van der Waals surface area contributed by atoms with Crippen molar-refractivity contribution in [3.8, 4) is 0 Å². The van der Waals surface area contributed by atoms with Crippen LogP contribution < -0.4 is 0 Å². The van der Waals surface area contributed by atoms with Crippen LogP contribution in [0, 0.1) is 0 Å². The molecule has 0 amide bonds. The Hall–Kier alpha value is 1.48. The minimum absolute atomic E-state index is 1.63. The second kappa shape index (κ2) is 9.09. The summed E-state index contributed by atoms with van der Waals surface area (Å²) >= 11 is -4.33. The van der Waals surface area contributed by atoms with Gasteiger partial charge in [-0.25, -0.2) is 0 Å². The van der Waals surface area contributed by atoms with Crippen LogP contribution in [0.1, 0.15) is 0 Å². The Kier molecular flexibility index (Phi) is 9.73. The molecule has 0 aliphatic rings. The number of hydrogen-bond donors (Lipinski definition) is 0. The van der Waals surface area contributed by atoms with E-state index in [4.69, 9.17) is 21.5 Å². The van der Waals surface area contributed by atoms with Gasteiger partial charge in [0.1, 0.15) is 0 Å². The maximum Gasteiger partial charge on any atom is 0.884 e. The highest BCUT2D eigenvalue weighted by Crippen LogP contribution is 2.16. The van der Waals surface area contributed by atoms with Gasteiger partial charge < -0.3 is 21.5 Å². The Bertz CT molecular complexity index is 280. The maximum absolute atomic E-state index is 6.05. The lowest BCUT2D eigenvalue weighted by Gasteiger charge is -2.32. The van der Waals surface area contributed by atoms with Crippen LogP contribution in [0.4, 0.5) is 0 Å². The standard InChI is InChI=1S/2C3H9OSi.C2H6O2Si.2CH3O.2Al/c3*1-5(2,3)4;2*1-2;;/h2*1-3H3;1-2H3;2*1H3;;/q2*-1;-2;2*-1;2*+3. The van der Waals surface area contributed by atoms with Crippen molar-refractivity contribution < 1.29 is 21.5 Å². The van der Waals surface area contributed by atoms with Gasteiger partial charge in [0.2, 0.25) is 0 Å². The van der Waals surface area contributed by atoms with Crippen molar-refractivity contribution in [2.24, 2.45) is 0 Å². The molecule has 0 bridgehead atoms. The van der Waals surface area contributed by atoms with E-state index in [-0.39, 0.29) is 0 Å². The van der Waals surface area contributed by atoms with Crippen molar-refractivity contribution in [3.05, 3.63) is 0 Å². The molecule has 0 aliphatic carbocycles. The molecule has 21 heavy (non-hydrogen) atoms. The molecule has 0 heterocycles. The molecule has 0 fully saturated rings. The van der Waals surface area contributed by atoms with Gasteiger partial charge in [-0.1, -0.05) is 0 Å². The van der Waals surface area contributed by atoms with Gasteiger partial charge >= 0.3 is 30.3 Å². The predicted octanol–water partition coefficient (Wildman–Crippen LogP) is 2.69. The highest BCUT2D eigenvalue weighted by molar-refractivity contribution is 6.81. The van der Waals surface area contributed by atoms with E-state index in [1.54, 1.807) is 14.2 Å². The van der Waals surface area contributed by atoms with Crippen molar-refractivity contribution in [2.75, 3.05) is 14.2 Å². The Morgan fingerprint density at radius 2 is 0.810 bits per heavy atom. The zero-order valence-electron chi connectivity index (χ0n) is 15.1. The summed E-state index contributed by atoms with van der Waals surface area (Å²) < 4.78 is 34.8. The first kappa shape index (κ1) is 22.5. The molecule has 0 saturated carbocycles. The van der Waals surface area contributed by atoms with Crippen LogP contribution >= 0.6 is 0 Å². The molecule has 0 unspecified atom stereocenters. The Morgan fingerprint density at radius 3 is 1.00 bits per heavy atom. The van der Waals surface area contributed by atoms with Crippen LogP contribution in [0.3, 0.4) is 0 Å². The molecule has 0 rings (SSSR count). The minimum atomic E-state index is -2.40. The largest absolute Gasteiger partial charge is 0.884 e. The van der Waals surface area contributed by atoms with E-state index in [0.717, 1.165) is 0 Å². The van der Waals surface area contributed by atoms with Crippen molar-refractivity contribution in [3.63, 3.8) is 0 Å². The lowest BCUT2D eigenvalue weighted by atomic mass is 11.8. The average molecular weight is 385 g/mol. The van der Waals surface area contributed by atoms with E-state index in [2.05, 4.69) is 39.3 Å². The van der Waals surface area contributed by atoms with Crippen LogP contribution in [0.25, 0.3) is 0 Å². The smallest absolute Gasteiger partial charge is 0.499 e. The van der Waals surface area contributed by atoms with Gasteiger partial charge in [0.15, 0.2) is 16.6 Å². The summed E-state index contributed by atoms with van der Waals surface area (Å²) in [5.74, 6) is 0. The molecule has 0 aromatic heterocycles. The summed E-state index contributed by atoms with van der Waals surface area (Å²) in [6.07, 6.45) is 0. The van der Waals surface area contributed by atoms with E-state index in [9.17, 15) is 0 Å². The van der Waals surface area contributed by atoms with Crippen molar-refractivity contribution in [1.82, 2.24) is 0 Å². The molecule has 0 aromatic rings. The highest BCUT2D eigenvalue weighted by Gasteiger charge is 2.47. The second-order valence-electron chi connectivity index (χ2n) is 7.14. The predicted molar refractivity (Wildman–Crippen MR) is 94.0 cm³/mol. The fourth-order valence-corrected chi connectivity index (χ4v) is 13.1. The molecule has 0 atom stereocenters. The van der Waals surface area contributed by atoms with E-state index >= 15 is 0 Å². The summed E-state index contributed by atoms with van der Waals surface area (Å²) in [6, 6.07) is 0. The highest BCUT2D eigenvalue weighted by atomic mass is 28.4. The third kappa shape index (κ3) is 12.6. The normalized spacial score (nSPS) is 13.4. The van der Waals surface area contributed by atoms with Crippen molar-refractivity contribution >= 4 is 55.5 Å². The summed E-state index contributed by atoms with van der Waals surface area (Å²) in [5, 5.41) is 0. The first-order chi connectivity index (χ1) is 9.28. The molecule has 124 valence electrons. The van der Waals surface area contributed by atoms with Gasteiger partial charge in [-0.3, -0.25) is 0 Å². The monoisotopic (exact) mass is 384 g/mol. The first-order valence-electron chi connectivity index (χ1n) is 7.05. The molecular formula is C10H30Al2O6Si3. The SMILES string of the molecule is C[O][Al]([O][Si](C)(C)C)[O][Si](C)(C)[O][Al]([O]C)[O][Si](C)(C)C. The molecule has 0 radical (unpaired) electrons. The van der Waals surface area contributed by atoms with Crippen LogP contribution in [0.5, 0.6) is 0 Å². The zero-order chi connectivity index (χ0) is 16.9. The van der Waals surface area contributed by atoms with Gasteiger partial charge in [0.05, 0.1) is 0 Å². The third-order valence-electron chi connectivity index (χ3n) is 2.04. The third-order valence-corrected chi connectivity index (χ3v) is 16.1.